The molecule has 2 fully saturated rings. The van der Waals surface area contributed by atoms with Gasteiger partial charge < -0.3 is 9.64 Å². The Balaban J connectivity index is 1.92. The summed E-state index contributed by atoms with van der Waals surface area (Å²) in [5.74, 6) is 1.87. The Morgan fingerprint density at radius 3 is 2.78 bits per heavy atom. The Morgan fingerprint density at radius 2 is 2.22 bits per heavy atom. The van der Waals surface area contributed by atoms with Gasteiger partial charge in [0.25, 0.3) is 0 Å². The van der Waals surface area contributed by atoms with E-state index in [0.717, 1.165) is 12.3 Å². The minimum atomic E-state index is 0.222. The monoisotopic (exact) mass is 250 g/mol. The van der Waals surface area contributed by atoms with Gasteiger partial charge in [0.1, 0.15) is 0 Å². The fourth-order valence-electron chi connectivity index (χ4n) is 3.50. The molecular weight excluding hydrogens is 228 g/mol. The Kier molecular flexibility index (Phi) is 4.60. The van der Waals surface area contributed by atoms with Crippen LogP contribution in [0.4, 0.5) is 0 Å². The molecule has 0 aromatic carbocycles. The van der Waals surface area contributed by atoms with Crippen LogP contribution in [0.2, 0.25) is 0 Å². The highest BCUT2D eigenvalue weighted by Gasteiger charge is 2.44. The van der Waals surface area contributed by atoms with Gasteiger partial charge in [0, 0.05) is 26.1 Å². The zero-order chi connectivity index (χ0) is 13.0. The summed E-state index contributed by atoms with van der Waals surface area (Å²) in [4.78, 5) is 14.3. The zero-order valence-corrected chi connectivity index (χ0v) is 11.1. The normalized spacial score (nSPS) is 29.2. The first kappa shape index (κ1) is 13.4. The molecule has 0 aromatic heterocycles. The van der Waals surface area contributed by atoms with Crippen molar-refractivity contribution in [2.75, 3.05) is 26.8 Å². The lowest BCUT2D eigenvalue weighted by Crippen LogP contribution is -2.40. The van der Waals surface area contributed by atoms with Crippen molar-refractivity contribution >= 4 is 5.91 Å². The third kappa shape index (κ3) is 2.84. The number of methoxy groups -OCH3 is 1. The fourth-order valence-corrected chi connectivity index (χ4v) is 3.50. The fraction of sp³-hybridized carbons (Fsp3) is 0.857. The summed E-state index contributed by atoms with van der Waals surface area (Å²) in [6.45, 7) is 1.72. The Labute approximate surface area is 109 Å². The number of nitrogens with zero attached hydrogens (tertiary/aromatic N) is 2. The highest BCUT2D eigenvalue weighted by molar-refractivity contribution is 5.79. The van der Waals surface area contributed by atoms with Crippen molar-refractivity contribution in [1.82, 2.24) is 4.90 Å². The first-order chi connectivity index (χ1) is 8.76. The molecule has 4 nitrogen and oxygen atoms in total. The van der Waals surface area contributed by atoms with Gasteiger partial charge in [-0.05, 0) is 31.1 Å². The maximum Gasteiger partial charge on any atom is 0.226 e. The van der Waals surface area contributed by atoms with Crippen LogP contribution in [0.3, 0.4) is 0 Å². The van der Waals surface area contributed by atoms with E-state index in [-0.39, 0.29) is 11.8 Å². The smallest absolute Gasteiger partial charge is 0.226 e. The molecule has 0 aromatic rings. The van der Waals surface area contributed by atoms with Crippen molar-refractivity contribution in [3.8, 4) is 6.07 Å². The summed E-state index contributed by atoms with van der Waals surface area (Å²) >= 11 is 0. The van der Waals surface area contributed by atoms with Gasteiger partial charge in [-0.15, -0.1) is 0 Å². The molecule has 1 amide bonds. The van der Waals surface area contributed by atoms with Crippen LogP contribution in [0.1, 0.15) is 32.1 Å². The molecule has 0 aliphatic heterocycles. The van der Waals surface area contributed by atoms with Crippen molar-refractivity contribution in [2.24, 2.45) is 17.8 Å². The average molecular weight is 250 g/mol. The maximum absolute atomic E-state index is 12.5. The Morgan fingerprint density at radius 1 is 1.39 bits per heavy atom. The first-order valence-electron chi connectivity index (χ1n) is 6.91. The van der Waals surface area contributed by atoms with Gasteiger partial charge in [-0.1, -0.05) is 6.42 Å². The Hall–Kier alpha value is -1.08. The molecule has 2 rings (SSSR count). The molecule has 0 N–H and O–H groups in total. The van der Waals surface area contributed by atoms with Crippen LogP contribution in [0.5, 0.6) is 0 Å². The molecule has 0 spiro atoms. The summed E-state index contributed by atoms with van der Waals surface area (Å²) in [5, 5.41) is 8.67. The molecule has 2 bridgehead atoms. The zero-order valence-electron chi connectivity index (χ0n) is 11.1. The third-order valence-electron chi connectivity index (χ3n) is 4.43. The number of nitriles is 1. The number of fused-ring (bicyclic) bond motifs is 2. The van der Waals surface area contributed by atoms with E-state index in [4.69, 9.17) is 10.00 Å². The van der Waals surface area contributed by atoms with Crippen LogP contribution in [0, 0.1) is 29.1 Å². The van der Waals surface area contributed by atoms with E-state index in [2.05, 4.69) is 6.07 Å². The van der Waals surface area contributed by atoms with Crippen LogP contribution in [-0.2, 0) is 9.53 Å². The predicted molar refractivity (Wildman–Crippen MR) is 67.6 cm³/mol. The molecule has 0 heterocycles. The first-order valence-corrected chi connectivity index (χ1v) is 6.91. The van der Waals surface area contributed by atoms with Crippen LogP contribution in [-0.4, -0.2) is 37.6 Å². The van der Waals surface area contributed by atoms with Gasteiger partial charge in [0.2, 0.25) is 5.91 Å². The molecule has 3 atom stereocenters. The lowest BCUT2D eigenvalue weighted by Gasteiger charge is -2.28. The van der Waals surface area contributed by atoms with E-state index in [9.17, 15) is 4.79 Å². The molecule has 2 saturated carbocycles. The van der Waals surface area contributed by atoms with E-state index in [1.807, 2.05) is 4.90 Å². The summed E-state index contributed by atoms with van der Waals surface area (Å²) in [5.41, 5.74) is 0. The van der Waals surface area contributed by atoms with Gasteiger partial charge in [-0.2, -0.15) is 5.26 Å². The van der Waals surface area contributed by atoms with Crippen molar-refractivity contribution in [1.29, 1.82) is 5.26 Å². The predicted octanol–water partition coefficient (Wildman–Crippen LogP) is 1.81. The molecule has 3 unspecified atom stereocenters. The number of ether oxygens (including phenoxy) is 1. The van der Waals surface area contributed by atoms with Gasteiger partial charge >= 0.3 is 0 Å². The van der Waals surface area contributed by atoms with E-state index in [0.29, 0.717) is 32.0 Å². The summed E-state index contributed by atoms with van der Waals surface area (Å²) in [7, 11) is 1.64. The summed E-state index contributed by atoms with van der Waals surface area (Å²) in [6, 6.07) is 2.12. The minimum Gasteiger partial charge on any atom is -0.383 e. The van der Waals surface area contributed by atoms with E-state index >= 15 is 0 Å². The number of carbonyl (C=O) groups is 1. The van der Waals surface area contributed by atoms with Crippen LogP contribution in [0.15, 0.2) is 0 Å². The second-order valence-electron chi connectivity index (χ2n) is 5.51. The van der Waals surface area contributed by atoms with Crippen LogP contribution >= 0.6 is 0 Å². The van der Waals surface area contributed by atoms with Crippen molar-refractivity contribution in [2.45, 2.75) is 32.1 Å². The molecule has 18 heavy (non-hydrogen) atoms. The lowest BCUT2D eigenvalue weighted by atomic mass is 9.87. The lowest BCUT2D eigenvalue weighted by molar-refractivity contribution is -0.137. The summed E-state index contributed by atoms with van der Waals surface area (Å²) in [6.07, 6.45) is 5.25. The molecular formula is C14H22N2O2. The highest BCUT2D eigenvalue weighted by Crippen LogP contribution is 2.48. The Bertz CT molecular complexity index is 337. The van der Waals surface area contributed by atoms with Gasteiger partial charge in [-0.25, -0.2) is 0 Å². The van der Waals surface area contributed by atoms with Gasteiger partial charge in [0.05, 0.1) is 19.1 Å². The average Bonchev–Trinajstić information content (AvgIpc) is 3.00. The number of amides is 1. The molecule has 0 saturated heterocycles. The van der Waals surface area contributed by atoms with Crippen LogP contribution < -0.4 is 0 Å². The van der Waals surface area contributed by atoms with E-state index in [1.54, 1.807) is 7.11 Å². The number of hydrogen-bond donors (Lipinski definition) is 0. The largest absolute Gasteiger partial charge is 0.383 e. The third-order valence-corrected chi connectivity index (χ3v) is 4.43. The molecule has 100 valence electrons. The highest BCUT2D eigenvalue weighted by atomic mass is 16.5. The molecule has 2 aliphatic carbocycles. The SMILES string of the molecule is COCCN(CCC#N)C(=O)C1CC2CCC1C2. The number of carbonyl (C=O) groups excluding carboxylic acids is 1. The topological polar surface area (TPSA) is 53.3 Å². The quantitative estimate of drug-likeness (QED) is 0.722. The molecule has 2 aliphatic rings. The standard InChI is InChI=1S/C14H22N2O2/c1-18-8-7-16(6-2-5-15)14(17)13-10-11-3-4-12(13)9-11/h11-13H,2-4,6-10H2,1H3. The number of rotatable bonds is 6. The van der Waals surface area contributed by atoms with Crippen molar-refractivity contribution in [3.05, 3.63) is 0 Å². The van der Waals surface area contributed by atoms with E-state index < -0.39 is 0 Å². The van der Waals surface area contributed by atoms with E-state index in [1.165, 1.54) is 19.3 Å². The second-order valence-corrected chi connectivity index (χ2v) is 5.51. The van der Waals surface area contributed by atoms with Crippen molar-refractivity contribution in [3.63, 3.8) is 0 Å². The van der Waals surface area contributed by atoms with Crippen LogP contribution in [0.25, 0.3) is 0 Å². The maximum atomic E-state index is 12.5. The second kappa shape index (κ2) is 6.19. The number of hydrogen-bond acceptors (Lipinski definition) is 3. The summed E-state index contributed by atoms with van der Waals surface area (Å²) < 4.78 is 5.05. The van der Waals surface area contributed by atoms with Gasteiger partial charge in [-0.3, -0.25) is 4.79 Å². The molecule has 0 radical (unpaired) electrons. The van der Waals surface area contributed by atoms with Crippen molar-refractivity contribution < 1.29 is 9.53 Å². The minimum absolute atomic E-state index is 0.222. The van der Waals surface area contributed by atoms with Gasteiger partial charge in [0.15, 0.2) is 0 Å². The molecule has 4 heteroatoms.